The summed E-state index contributed by atoms with van der Waals surface area (Å²) >= 11 is 0. The van der Waals surface area contributed by atoms with Crippen LogP contribution in [0.1, 0.15) is 17.1 Å². The molecule has 0 saturated carbocycles. The Labute approximate surface area is 112 Å². The van der Waals surface area contributed by atoms with E-state index < -0.39 is 10.0 Å². The van der Waals surface area contributed by atoms with E-state index in [1.54, 1.807) is 30.3 Å². The van der Waals surface area contributed by atoms with Crippen LogP contribution < -0.4 is 10.5 Å². The molecule has 0 aliphatic carbocycles. The van der Waals surface area contributed by atoms with Crippen molar-refractivity contribution in [3.8, 4) is 0 Å². The minimum absolute atomic E-state index is 0.128. The second-order valence-electron chi connectivity index (χ2n) is 4.19. The van der Waals surface area contributed by atoms with E-state index in [1.165, 1.54) is 6.07 Å². The van der Waals surface area contributed by atoms with E-state index in [2.05, 4.69) is 4.72 Å². The highest BCUT2D eigenvalue weighted by molar-refractivity contribution is 7.89. The first kappa shape index (κ1) is 13.8. The number of aryl methyl sites for hydroxylation is 1. The van der Waals surface area contributed by atoms with E-state index in [4.69, 9.17) is 10.2 Å². The Balaban J connectivity index is 2.13. The summed E-state index contributed by atoms with van der Waals surface area (Å²) in [5.41, 5.74) is 6.27. The van der Waals surface area contributed by atoms with Gasteiger partial charge in [-0.25, -0.2) is 13.1 Å². The van der Waals surface area contributed by atoms with Gasteiger partial charge in [-0.15, -0.1) is 0 Å². The van der Waals surface area contributed by atoms with Gasteiger partial charge in [0.2, 0.25) is 10.0 Å². The van der Waals surface area contributed by atoms with Crippen molar-refractivity contribution < 1.29 is 12.8 Å². The smallest absolute Gasteiger partial charge is 0.240 e. The van der Waals surface area contributed by atoms with Gasteiger partial charge in [-0.1, -0.05) is 12.1 Å². The molecule has 6 heteroatoms. The van der Waals surface area contributed by atoms with Gasteiger partial charge in [0.1, 0.15) is 11.5 Å². The molecule has 1 aromatic carbocycles. The number of benzene rings is 1. The monoisotopic (exact) mass is 280 g/mol. The average Bonchev–Trinajstić information content (AvgIpc) is 2.82. The van der Waals surface area contributed by atoms with E-state index in [1.807, 2.05) is 6.92 Å². The lowest BCUT2D eigenvalue weighted by Gasteiger charge is -2.06. The normalized spacial score (nSPS) is 11.7. The highest BCUT2D eigenvalue weighted by atomic mass is 32.2. The molecule has 2 aromatic rings. The molecule has 0 fully saturated rings. The predicted octanol–water partition coefficient (Wildman–Crippen LogP) is 1.53. The number of hydrogen-bond acceptors (Lipinski definition) is 4. The third kappa shape index (κ3) is 3.44. The molecule has 0 unspecified atom stereocenters. The first-order chi connectivity index (χ1) is 9.01. The molecule has 1 heterocycles. The van der Waals surface area contributed by atoms with Crippen molar-refractivity contribution in [1.82, 2.24) is 4.72 Å². The number of furan rings is 1. The van der Waals surface area contributed by atoms with Crippen LogP contribution in [0.15, 0.2) is 45.7 Å². The SMILES string of the molecule is Cc1ccc(CNS(=O)(=O)c2cccc(CN)c2)o1. The topological polar surface area (TPSA) is 85.3 Å². The molecule has 0 radical (unpaired) electrons. The summed E-state index contributed by atoms with van der Waals surface area (Å²) in [6.07, 6.45) is 0. The van der Waals surface area contributed by atoms with E-state index >= 15 is 0 Å². The van der Waals surface area contributed by atoms with Crippen LogP contribution in [-0.2, 0) is 23.1 Å². The van der Waals surface area contributed by atoms with Crippen LogP contribution in [0.2, 0.25) is 0 Å². The van der Waals surface area contributed by atoms with Crippen molar-refractivity contribution in [1.29, 1.82) is 0 Å². The number of nitrogens with one attached hydrogen (secondary N) is 1. The zero-order valence-electron chi connectivity index (χ0n) is 10.6. The molecule has 2 rings (SSSR count). The zero-order valence-corrected chi connectivity index (χ0v) is 11.4. The minimum Gasteiger partial charge on any atom is -0.465 e. The molecule has 0 spiro atoms. The Morgan fingerprint density at radius 3 is 2.68 bits per heavy atom. The molecule has 102 valence electrons. The Bertz CT molecular complexity index is 662. The Hall–Kier alpha value is -1.63. The fraction of sp³-hybridized carbons (Fsp3) is 0.231. The average molecular weight is 280 g/mol. The van der Waals surface area contributed by atoms with Gasteiger partial charge in [0.05, 0.1) is 11.4 Å². The molecule has 0 aliphatic rings. The quantitative estimate of drug-likeness (QED) is 0.869. The van der Waals surface area contributed by atoms with Crippen molar-refractivity contribution in [2.24, 2.45) is 5.73 Å². The second kappa shape index (κ2) is 5.56. The van der Waals surface area contributed by atoms with Crippen LogP contribution >= 0.6 is 0 Å². The molecule has 0 saturated heterocycles. The Morgan fingerprint density at radius 2 is 2.05 bits per heavy atom. The standard InChI is InChI=1S/C13H16N2O3S/c1-10-5-6-12(18-10)9-15-19(16,17)13-4-2-3-11(7-13)8-14/h2-7,15H,8-9,14H2,1H3. The van der Waals surface area contributed by atoms with Gasteiger partial charge in [0.25, 0.3) is 0 Å². The summed E-state index contributed by atoms with van der Waals surface area (Å²) < 4.78 is 32.0. The lowest BCUT2D eigenvalue weighted by atomic mass is 10.2. The third-order valence-corrected chi connectivity index (χ3v) is 4.08. The lowest BCUT2D eigenvalue weighted by molar-refractivity contribution is 0.475. The fourth-order valence-corrected chi connectivity index (χ4v) is 2.73. The van der Waals surface area contributed by atoms with Crippen LogP contribution in [0, 0.1) is 6.92 Å². The van der Waals surface area contributed by atoms with E-state index in [-0.39, 0.29) is 11.4 Å². The van der Waals surface area contributed by atoms with E-state index in [0.717, 1.165) is 11.3 Å². The Morgan fingerprint density at radius 1 is 1.26 bits per heavy atom. The van der Waals surface area contributed by atoms with Crippen LogP contribution in [0.4, 0.5) is 0 Å². The molecule has 3 N–H and O–H groups in total. The van der Waals surface area contributed by atoms with Crippen LogP contribution in [0.3, 0.4) is 0 Å². The predicted molar refractivity (Wildman–Crippen MR) is 71.8 cm³/mol. The zero-order chi connectivity index (χ0) is 13.9. The molecule has 0 aliphatic heterocycles. The molecular weight excluding hydrogens is 264 g/mol. The molecule has 5 nitrogen and oxygen atoms in total. The van der Waals surface area contributed by atoms with E-state index in [9.17, 15) is 8.42 Å². The van der Waals surface area contributed by atoms with Crippen molar-refractivity contribution in [3.05, 3.63) is 53.5 Å². The van der Waals surface area contributed by atoms with Crippen molar-refractivity contribution in [3.63, 3.8) is 0 Å². The van der Waals surface area contributed by atoms with Crippen molar-refractivity contribution in [2.45, 2.75) is 24.9 Å². The van der Waals surface area contributed by atoms with Gasteiger partial charge < -0.3 is 10.2 Å². The van der Waals surface area contributed by atoms with Crippen LogP contribution in [-0.4, -0.2) is 8.42 Å². The Kier molecular flexibility index (Phi) is 4.04. The summed E-state index contributed by atoms with van der Waals surface area (Å²) in [7, 11) is -3.55. The molecule has 1 aromatic heterocycles. The second-order valence-corrected chi connectivity index (χ2v) is 5.96. The maximum atomic E-state index is 12.1. The summed E-state index contributed by atoms with van der Waals surface area (Å²) in [6.45, 7) is 2.24. The summed E-state index contributed by atoms with van der Waals surface area (Å²) in [6, 6.07) is 10.1. The summed E-state index contributed by atoms with van der Waals surface area (Å²) in [4.78, 5) is 0.207. The number of hydrogen-bond donors (Lipinski definition) is 2. The third-order valence-electron chi connectivity index (χ3n) is 2.68. The number of nitrogens with two attached hydrogens (primary N) is 1. The minimum atomic E-state index is -3.55. The van der Waals surface area contributed by atoms with Crippen molar-refractivity contribution >= 4 is 10.0 Å². The first-order valence-corrected chi connectivity index (χ1v) is 7.33. The van der Waals surface area contributed by atoms with Crippen molar-refractivity contribution in [2.75, 3.05) is 0 Å². The highest BCUT2D eigenvalue weighted by Gasteiger charge is 2.14. The summed E-state index contributed by atoms with van der Waals surface area (Å²) in [5.74, 6) is 1.33. The van der Waals surface area contributed by atoms with Gasteiger partial charge >= 0.3 is 0 Å². The maximum Gasteiger partial charge on any atom is 0.240 e. The largest absolute Gasteiger partial charge is 0.465 e. The van der Waals surface area contributed by atoms with Gasteiger partial charge in [0, 0.05) is 6.54 Å². The first-order valence-electron chi connectivity index (χ1n) is 5.85. The molecule has 0 amide bonds. The van der Waals surface area contributed by atoms with E-state index in [0.29, 0.717) is 12.3 Å². The number of sulfonamides is 1. The molecule has 0 atom stereocenters. The maximum absolute atomic E-state index is 12.1. The molecule has 19 heavy (non-hydrogen) atoms. The lowest BCUT2D eigenvalue weighted by Crippen LogP contribution is -2.23. The van der Waals surface area contributed by atoms with Crippen LogP contribution in [0.25, 0.3) is 0 Å². The van der Waals surface area contributed by atoms with Gasteiger partial charge in [-0.05, 0) is 36.8 Å². The number of rotatable bonds is 5. The fourth-order valence-electron chi connectivity index (χ4n) is 1.67. The van der Waals surface area contributed by atoms with Gasteiger partial charge in [-0.2, -0.15) is 0 Å². The van der Waals surface area contributed by atoms with Gasteiger partial charge in [-0.3, -0.25) is 0 Å². The van der Waals surface area contributed by atoms with Crippen LogP contribution in [0.5, 0.6) is 0 Å². The summed E-state index contributed by atoms with van der Waals surface area (Å²) in [5, 5.41) is 0. The van der Waals surface area contributed by atoms with Gasteiger partial charge in [0.15, 0.2) is 0 Å². The molecular formula is C13H16N2O3S. The highest BCUT2D eigenvalue weighted by Crippen LogP contribution is 2.12. The molecule has 0 bridgehead atoms.